The molecule has 0 radical (unpaired) electrons. The van der Waals surface area contributed by atoms with Gasteiger partial charge in [0.1, 0.15) is 0 Å². The van der Waals surface area contributed by atoms with Crippen LogP contribution in [-0.4, -0.2) is 49.1 Å². The number of rotatable bonds is 5. The van der Waals surface area contributed by atoms with E-state index in [1.54, 1.807) is 18.2 Å². The molecule has 0 unspecified atom stereocenters. The van der Waals surface area contributed by atoms with E-state index in [1.807, 2.05) is 17.1 Å². The predicted molar refractivity (Wildman–Crippen MR) is 104 cm³/mol. The highest BCUT2D eigenvalue weighted by Gasteiger charge is 2.22. The molecule has 142 valence electrons. The molecular formula is C18H20ClN4O3S+. The minimum atomic E-state index is -0.493. The minimum absolute atomic E-state index is 0.108. The Labute approximate surface area is 166 Å². The summed E-state index contributed by atoms with van der Waals surface area (Å²) in [6.45, 7) is 3.35. The number of piperazine rings is 1. The smallest absolute Gasteiger partial charge is 0.270 e. The molecule has 2 aromatic carbocycles. The largest absolute Gasteiger partial charge is 0.335 e. The number of carbonyl (C=O) groups is 1. The highest BCUT2D eigenvalue weighted by molar-refractivity contribution is 7.99. The number of hydrogen-bond acceptors (Lipinski definition) is 5. The second-order valence-electron chi connectivity index (χ2n) is 6.38. The number of nitro benzene ring substituents is 1. The lowest BCUT2D eigenvalue weighted by Crippen LogP contribution is -3.12. The summed E-state index contributed by atoms with van der Waals surface area (Å²) in [6.07, 6.45) is 0. The summed E-state index contributed by atoms with van der Waals surface area (Å²) >= 11 is 7.28. The fourth-order valence-corrected chi connectivity index (χ4v) is 3.78. The first-order valence-electron chi connectivity index (χ1n) is 8.51. The highest BCUT2D eigenvalue weighted by Crippen LogP contribution is 2.33. The molecule has 0 spiro atoms. The van der Waals surface area contributed by atoms with Gasteiger partial charge in [-0.25, -0.2) is 5.01 Å². The molecule has 0 aliphatic carbocycles. The summed E-state index contributed by atoms with van der Waals surface area (Å²) < 4.78 is 0. The van der Waals surface area contributed by atoms with Crippen molar-refractivity contribution in [1.29, 1.82) is 0 Å². The molecule has 3 rings (SSSR count). The van der Waals surface area contributed by atoms with Crippen LogP contribution >= 0.6 is 23.4 Å². The van der Waals surface area contributed by atoms with Gasteiger partial charge in [-0.15, -0.1) is 0 Å². The maximum Gasteiger partial charge on any atom is 0.270 e. The van der Waals surface area contributed by atoms with Gasteiger partial charge in [0.15, 0.2) is 0 Å². The number of hydrogen-bond donors (Lipinski definition) is 2. The third-order valence-electron chi connectivity index (χ3n) is 4.34. The molecular weight excluding hydrogens is 388 g/mol. The quantitative estimate of drug-likeness (QED) is 0.584. The summed E-state index contributed by atoms with van der Waals surface area (Å²) in [5.41, 5.74) is 3.06. The van der Waals surface area contributed by atoms with Gasteiger partial charge < -0.3 is 4.90 Å². The number of nitrogens with one attached hydrogen (secondary N) is 2. The van der Waals surface area contributed by atoms with Crippen molar-refractivity contribution in [2.75, 3.05) is 33.2 Å². The molecule has 7 nitrogen and oxygen atoms in total. The van der Waals surface area contributed by atoms with Crippen LogP contribution in [0.1, 0.15) is 10.4 Å². The lowest BCUT2D eigenvalue weighted by atomic mass is 10.2. The summed E-state index contributed by atoms with van der Waals surface area (Å²) in [5.74, 6) is -0.338. The van der Waals surface area contributed by atoms with Gasteiger partial charge in [-0.05, 0) is 30.3 Å². The SMILES string of the molecule is C[NH+]1CCN(NC(=O)c2cc([N+](=O)[O-])ccc2Sc2ccc(Cl)cc2)CC1. The first-order chi connectivity index (χ1) is 12.9. The standard InChI is InChI=1S/C18H19ClN4O3S/c1-21-8-10-22(11-9-21)20-18(24)16-12-14(23(25)26)4-7-17(16)27-15-5-2-13(19)3-6-15/h2-7,12H,8-11H2,1H3,(H,20,24)/p+1. The molecule has 0 aromatic heterocycles. The van der Waals surface area contributed by atoms with Gasteiger partial charge in [0.2, 0.25) is 0 Å². The lowest BCUT2D eigenvalue weighted by molar-refractivity contribution is -0.884. The van der Waals surface area contributed by atoms with Crippen LogP contribution in [0.3, 0.4) is 0 Å². The third kappa shape index (κ3) is 5.20. The Bertz CT molecular complexity index is 839. The molecule has 2 N–H and O–H groups in total. The van der Waals surface area contributed by atoms with Crippen LogP contribution in [0.5, 0.6) is 0 Å². The minimum Gasteiger partial charge on any atom is -0.335 e. The third-order valence-corrected chi connectivity index (χ3v) is 5.67. The van der Waals surface area contributed by atoms with Crippen LogP contribution in [0.25, 0.3) is 0 Å². The molecule has 0 saturated carbocycles. The van der Waals surface area contributed by atoms with Crippen LogP contribution in [0.4, 0.5) is 5.69 Å². The molecule has 1 heterocycles. The summed E-state index contributed by atoms with van der Waals surface area (Å²) in [4.78, 5) is 26.4. The van der Waals surface area contributed by atoms with Gasteiger partial charge in [-0.3, -0.25) is 20.3 Å². The second-order valence-corrected chi connectivity index (χ2v) is 7.93. The van der Waals surface area contributed by atoms with E-state index in [9.17, 15) is 14.9 Å². The maximum absolute atomic E-state index is 12.8. The van der Waals surface area contributed by atoms with Crippen molar-refractivity contribution < 1.29 is 14.6 Å². The molecule has 1 aliphatic rings. The zero-order valence-corrected chi connectivity index (χ0v) is 16.3. The van der Waals surface area contributed by atoms with E-state index in [1.165, 1.54) is 28.8 Å². The van der Waals surface area contributed by atoms with Gasteiger partial charge in [-0.2, -0.15) is 0 Å². The topological polar surface area (TPSA) is 79.9 Å². The Morgan fingerprint density at radius 3 is 2.52 bits per heavy atom. The van der Waals surface area contributed by atoms with Crippen LogP contribution in [0.15, 0.2) is 52.3 Å². The summed E-state index contributed by atoms with van der Waals surface area (Å²) in [7, 11) is 2.11. The zero-order chi connectivity index (χ0) is 19.4. The number of nitro groups is 1. The summed E-state index contributed by atoms with van der Waals surface area (Å²) in [5, 5.41) is 13.6. The van der Waals surface area contributed by atoms with Gasteiger partial charge in [0.05, 0.1) is 43.7 Å². The number of amides is 1. The van der Waals surface area contributed by atoms with E-state index < -0.39 is 4.92 Å². The fraction of sp³-hybridized carbons (Fsp3) is 0.278. The van der Waals surface area contributed by atoms with Crippen molar-refractivity contribution in [3.63, 3.8) is 0 Å². The number of nitrogens with zero attached hydrogens (tertiary/aromatic N) is 2. The molecule has 1 aliphatic heterocycles. The Morgan fingerprint density at radius 2 is 1.89 bits per heavy atom. The fourth-order valence-electron chi connectivity index (χ4n) is 2.73. The van der Waals surface area contributed by atoms with Crippen LogP contribution < -0.4 is 10.3 Å². The second kappa shape index (κ2) is 8.71. The number of quaternary nitrogens is 1. The zero-order valence-electron chi connectivity index (χ0n) is 14.8. The van der Waals surface area contributed by atoms with Crippen molar-refractivity contribution >= 4 is 35.0 Å². The van der Waals surface area contributed by atoms with Gasteiger partial charge in [0.25, 0.3) is 11.6 Å². The van der Waals surface area contributed by atoms with Gasteiger partial charge in [-0.1, -0.05) is 23.4 Å². The van der Waals surface area contributed by atoms with Crippen LogP contribution in [-0.2, 0) is 0 Å². The average molecular weight is 408 g/mol. The first-order valence-corrected chi connectivity index (χ1v) is 9.71. The Balaban J connectivity index is 1.83. The molecule has 0 bridgehead atoms. The predicted octanol–water partition coefficient (Wildman–Crippen LogP) is 1.87. The molecule has 9 heteroatoms. The monoisotopic (exact) mass is 407 g/mol. The maximum atomic E-state index is 12.8. The molecule has 1 saturated heterocycles. The van der Waals surface area contributed by atoms with Crippen LogP contribution in [0.2, 0.25) is 5.02 Å². The molecule has 1 fully saturated rings. The highest BCUT2D eigenvalue weighted by atomic mass is 35.5. The van der Waals surface area contributed by atoms with Crippen molar-refractivity contribution in [3.8, 4) is 0 Å². The number of benzene rings is 2. The van der Waals surface area contributed by atoms with Gasteiger partial charge in [0, 0.05) is 26.9 Å². The molecule has 2 aromatic rings. The summed E-state index contributed by atoms with van der Waals surface area (Å²) in [6, 6.07) is 11.6. The Kier molecular flexibility index (Phi) is 6.33. The van der Waals surface area contributed by atoms with Crippen molar-refractivity contribution in [2.45, 2.75) is 9.79 Å². The molecule has 27 heavy (non-hydrogen) atoms. The molecule has 0 atom stereocenters. The van der Waals surface area contributed by atoms with Crippen molar-refractivity contribution in [2.24, 2.45) is 0 Å². The van der Waals surface area contributed by atoms with Crippen LogP contribution in [0, 0.1) is 10.1 Å². The van der Waals surface area contributed by atoms with Crippen molar-refractivity contribution in [3.05, 3.63) is 63.2 Å². The van der Waals surface area contributed by atoms with Gasteiger partial charge >= 0.3 is 0 Å². The number of halogens is 1. The van der Waals surface area contributed by atoms with E-state index in [-0.39, 0.29) is 17.2 Å². The van der Waals surface area contributed by atoms with E-state index in [0.29, 0.717) is 9.92 Å². The molecule has 1 amide bonds. The van der Waals surface area contributed by atoms with E-state index in [4.69, 9.17) is 11.6 Å². The average Bonchev–Trinajstić information content (AvgIpc) is 2.65. The number of non-ortho nitro benzene ring substituents is 1. The number of carbonyl (C=O) groups excluding carboxylic acids is 1. The Morgan fingerprint density at radius 1 is 1.22 bits per heavy atom. The van der Waals surface area contributed by atoms with E-state index >= 15 is 0 Å². The van der Waals surface area contributed by atoms with E-state index in [0.717, 1.165) is 31.1 Å². The van der Waals surface area contributed by atoms with Crippen molar-refractivity contribution in [1.82, 2.24) is 10.4 Å². The van der Waals surface area contributed by atoms with E-state index in [2.05, 4.69) is 12.5 Å². The lowest BCUT2D eigenvalue weighted by Gasteiger charge is -2.30. The first kappa shape index (κ1) is 19.6. The normalized spacial score (nSPS) is 15.5. The number of likely N-dealkylation sites (N-methyl/N-ethyl adjacent to an activating group) is 1. The Hall–Kier alpha value is -2.13. The number of hydrazine groups is 1.